The van der Waals surface area contributed by atoms with Crippen LogP contribution >= 0.6 is 0 Å². The van der Waals surface area contributed by atoms with Crippen molar-refractivity contribution < 1.29 is 4.42 Å². The maximum Gasteiger partial charge on any atom is 0.121 e. The minimum atomic E-state index is 0.123. The number of hydrogen-bond acceptors (Lipinski definition) is 2. The fraction of sp³-hybridized carbons (Fsp3) is 0.667. The van der Waals surface area contributed by atoms with E-state index in [1.165, 1.54) is 25.7 Å². The van der Waals surface area contributed by atoms with E-state index >= 15 is 0 Å². The van der Waals surface area contributed by atoms with Gasteiger partial charge in [-0.2, -0.15) is 0 Å². The molecule has 0 amide bonds. The molecule has 2 N–H and O–H groups in total. The van der Waals surface area contributed by atoms with Crippen LogP contribution in [0, 0.1) is 5.92 Å². The molecule has 1 aliphatic rings. The van der Waals surface area contributed by atoms with Crippen LogP contribution in [0.15, 0.2) is 16.5 Å². The van der Waals surface area contributed by atoms with E-state index < -0.39 is 0 Å². The van der Waals surface area contributed by atoms with Gasteiger partial charge in [0.25, 0.3) is 0 Å². The van der Waals surface area contributed by atoms with Crippen molar-refractivity contribution in [2.75, 3.05) is 0 Å². The van der Waals surface area contributed by atoms with Crippen LogP contribution in [-0.4, -0.2) is 0 Å². The molecule has 78 valence electrons. The minimum absolute atomic E-state index is 0.123. The highest BCUT2D eigenvalue weighted by atomic mass is 16.3. The quantitative estimate of drug-likeness (QED) is 0.801. The topological polar surface area (TPSA) is 39.2 Å². The molecule has 0 bridgehead atoms. The van der Waals surface area contributed by atoms with Crippen LogP contribution in [-0.2, 0) is 6.42 Å². The molecule has 1 atom stereocenters. The van der Waals surface area contributed by atoms with Gasteiger partial charge in [0.1, 0.15) is 11.5 Å². The normalized spacial score (nSPS) is 20.1. The van der Waals surface area contributed by atoms with Gasteiger partial charge in [0, 0.05) is 6.42 Å². The maximum absolute atomic E-state index is 6.17. The SMILES string of the molecule is CCc1ccc([C@@H](N)C2CCCC2)o1. The lowest BCUT2D eigenvalue weighted by Gasteiger charge is -2.15. The molecule has 0 radical (unpaired) electrons. The second-order valence-corrected chi connectivity index (χ2v) is 4.23. The highest BCUT2D eigenvalue weighted by Gasteiger charge is 2.25. The van der Waals surface area contributed by atoms with Crippen molar-refractivity contribution in [1.29, 1.82) is 0 Å². The van der Waals surface area contributed by atoms with Crippen LogP contribution in [0.2, 0.25) is 0 Å². The Hall–Kier alpha value is -0.760. The van der Waals surface area contributed by atoms with E-state index in [4.69, 9.17) is 10.2 Å². The Kier molecular flexibility index (Phi) is 2.92. The van der Waals surface area contributed by atoms with E-state index in [1.807, 2.05) is 12.1 Å². The Morgan fingerprint density at radius 2 is 2.14 bits per heavy atom. The fourth-order valence-electron chi connectivity index (χ4n) is 2.31. The van der Waals surface area contributed by atoms with Crippen LogP contribution in [0.5, 0.6) is 0 Å². The van der Waals surface area contributed by atoms with Crippen molar-refractivity contribution in [3.63, 3.8) is 0 Å². The molecule has 0 spiro atoms. The zero-order valence-electron chi connectivity index (χ0n) is 8.83. The van der Waals surface area contributed by atoms with Gasteiger partial charge >= 0.3 is 0 Å². The molecule has 2 heteroatoms. The molecule has 0 unspecified atom stereocenters. The summed E-state index contributed by atoms with van der Waals surface area (Å²) in [6.45, 7) is 2.10. The first-order valence-electron chi connectivity index (χ1n) is 5.65. The number of hydrogen-bond donors (Lipinski definition) is 1. The molecule has 14 heavy (non-hydrogen) atoms. The molecule has 1 saturated carbocycles. The van der Waals surface area contributed by atoms with Gasteiger partial charge in [-0.05, 0) is 30.9 Å². The lowest BCUT2D eigenvalue weighted by Crippen LogP contribution is -2.18. The average Bonchev–Trinajstić information content (AvgIpc) is 2.88. The molecule has 0 saturated heterocycles. The van der Waals surface area contributed by atoms with Gasteiger partial charge in [-0.25, -0.2) is 0 Å². The summed E-state index contributed by atoms with van der Waals surface area (Å²) < 4.78 is 5.68. The first kappa shape index (κ1) is 9.78. The van der Waals surface area contributed by atoms with Crippen molar-refractivity contribution in [1.82, 2.24) is 0 Å². The van der Waals surface area contributed by atoms with Gasteiger partial charge < -0.3 is 10.2 Å². The summed E-state index contributed by atoms with van der Waals surface area (Å²) in [5.41, 5.74) is 6.17. The summed E-state index contributed by atoms with van der Waals surface area (Å²) in [6, 6.07) is 4.21. The summed E-state index contributed by atoms with van der Waals surface area (Å²) in [5, 5.41) is 0. The molecule has 0 aliphatic heterocycles. The van der Waals surface area contributed by atoms with Crippen LogP contribution < -0.4 is 5.73 Å². The third-order valence-corrected chi connectivity index (χ3v) is 3.27. The monoisotopic (exact) mass is 193 g/mol. The highest BCUT2D eigenvalue weighted by molar-refractivity contribution is 5.11. The van der Waals surface area contributed by atoms with Crippen LogP contribution in [0.1, 0.15) is 50.2 Å². The summed E-state index contributed by atoms with van der Waals surface area (Å²) in [6.07, 6.45) is 6.16. The van der Waals surface area contributed by atoms with Gasteiger partial charge in [-0.1, -0.05) is 19.8 Å². The van der Waals surface area contributed by atoms with E-state index in [9.17, 15) is 0 Å². The number of furan rings is 1. The Labute approximate surface area is 85.5 Å². The molecule has 1 aromatic rings. The van der Waals surface area contributed by atoms with E-state index in [0.717, 1.165) is 17.9 Å². The zero-order valence-corrected chi connectivity index (χ0v) is 8.83. The number of rotatable bonds is 3. The third kappa shape index (κ3) is 1.85. The van der Waals surface area contributed by atoms with E-state index in [0.29, 0.717) is 5.92 Å². The molecule has 1 fully saturated rings. The van der Waals surface area contributed by atoms with E-state index in [2.05, 4.69) is 6.92 Å². The number of aryl methyl sites for hydroxylation is 1. The van der Waals surface area contributed by atoms with Gasteiger partial charge in [0.2, 0.25) is 0 Å². The fourth-order valence-corrected chi connectivity index (χ4v) is 2.31. The van der Waals surface area contributed by atoms with Crippen molar-refractivity contribution in [2.45, 2.75) is 45.1 Å². The molecular formula is C12H19NO. The Morgan fingerprint density at radius 1 is 1.43 bits per heavy atom. The Balaban J connectivity index is 2.05. The van der Waals surface area contributed by atoms with Gasteiger partial charge in [-0.15, -0.1) is 0 Å². The predicted octanol–water partition coefficient (Wildman–Crippen LogP) is 3.03. The van der Waals surface area contributed by atoms with Crippen LogP contribution in [0.4, 0.5) is 0 Å². The summed E-state index contributed by atoms with van der Waals surface area (Å²) in [4.78, 5) is 0. The largest absolute Gasteiger partial charge is 0.464 e. The van der Waals surface area contributed by atoms with Gasteiger partial charge in [0.15, 0.2) is 0 Å². The Bertz CT molecular complexity index is 286. The molecule has 0 aromatic carbocycles. The maximum atomic E-state index is 6.17. The summed E-state index contributed by atoms with van der Waals surface area (Å²) in [5.74, 6) is 2.67. The third-order valence-electron chi connectivity index (χ3n) is 3.27. The summed E-state index contributed by atoms with van der Waals surface area (Å²) in [7, 11) is 0. The minimum Gasteiger partial charge on any atom is -0.464 e. The van der Waals surface area contributed by atoms with Gasteiger partial charge in [-0.3, -0.25) is 0 Å². The summed E-state index contributed by atoms with van der Waals surface area (Å²) >= 11 is 0. The molecule has 1 aliphatic carbocycles. The number of nitrogens with two attached hydrogens (primary N) is 1. The van der Waals surface area contributed by atoms with E-state index in [1.54, 1.807) is 0 Å². The first-order valence-corrected chi connectivity index (χ1v) is 5.65. The van der Waals surface area contributed by atoms with E-state index in [-0.39, 0.29) is 6.04 Å². The van der Waals surface area contributed by atoms with Crippen molar-refractivity contribution in [2.24, 2.45) is 11.7 Å². The van der Waals surface area contributed by atoms with Crippen molar-refractivity contribution in [3.05, 3.63) is 23.7 Å². The molecule has 2 rings (SSSR count). The Morgan fingerprint density at radius 3 is 2.71 bits per heavy atom. The van der Waals surface area contributed by atoms with Gasteiger partial charge in [0.05, 0.1) is 6.04 Å². The first-order chi connectivity index (χ1) is 6.81. The molecule has 1 aromatic heterocycles. The highest BCUT2D eigenvalue weighted by Crippen LogP contribution is 2.34. The second kappa shape index (κ2) is 4.18. The second-order valence-electron chi connectivity index (χ2n) is 4.23. The predicted molar refractivity (Wildman–Crippen MR) is 57.0 cm³/mol. The van der Waals surface area contributed by atoms with Crippen molar-refractivity contribution in [3.8, 4) is 0 Å². The molecular weight excluding hydrogens is 174 g/mol. The molecule has 2 nitrogen and oxygen atoms in total. The lowest BCUT2D eigenvalue weighted by molar-refractivity contribution is 0.358. The average molecular weight is 193 g/mol. The van der Waals surface area contributed by atoms with Crippen LogP contribution in [0.25, 0.3) is 0 Å². The smallest absolute Gasteiger partial charge is 0.121 e. The molecule has 1 heterocycles. The van der Waals surface area contributed by atoms with Crippen molar-refractivity contribution >= 4 is 0 Å². The zero-order chi connectivity index (χ0) is 9.97. The lowest BCUT2D eigenvalue weighted by atomic mass is 9.97. The van der Waals surface area contributed by atoms with Crippen LogP contribution in [0.3, 0.4) is 0 Å². The standard InChI is InChI=1S/C12H19NO/c1-2-10-7-8-11(14-10)12(13)9-5-3-4-6-9/h7-9,12H,2-6,13H2,1H3/t12-/m0/s1.